The molecule has 0 aliphatic heterocycles. The zero-order chi connectivity index (χ0) is 10.8. The molecule has 86 valence electrons. The molecule has 0 spiro atoms. The van der Waals surface area contributed by atoms with Crippen LogP contribution in [0.4, 0.5) is 4.39 Å². The minimum atomic E-state index is -0.365. The summed E-state index contributed by atoms with van der Waals surface area (Å²) in [6.07, 6.45) is 0. The molecule has 0 amide bonds. The van der Waals surface area contributed by atoms with Gasteiger partial charge in [-0.25, -0.2) is 4.39 Å². The van der Waals surface area contributed by atoms with Gasteiger partial charge in [-0.3, -0.25) is 0 Å². The van der Waals surface area contributed by atoms with Crippen molar-refractivity contribution in [2.45, 2.75) is 13.0 Å². The van der Waals surface area contributed by atoms with Crippen LogP contribution in [-0.2, 0) is 0 Å². The van der Waals surface area contributed by atoms with E-state index in [-0.39, 0.29) is 24.3 Å². The maximum absolute atomic E-state index is 13.5. The molecule has 1 aromatic heterocycles. The molecule has 2 aromatic rings. The molecule has 0 fully saturated rings. The molecule has 0 radical (unpaired) electrons. The van der Waals surface area contributed by atoms with Crippen molar-refractivity contribution < 1.29 is 4.39 Å². The number of benzene rings is 1. The average molecular weight is 258 g/mol. The molecule has 2 N–H and O–H groups in total. The third-order valence-corrected chi connectivity index (χ3v) is 3.09. The summed E-state index contributed by atoms with van der Waals surface area (Å²) in [5, 5.41) is 3.90. The number of aryl methyl sites for hydroxylation is 1. The van der Waals surface area contributed by atoms with Crippen LogP contribution in [-0.4, -0.2) is 0 Å². The van der Waals surface area contributed by atoms with Crippen LogP contribution in [0.5, 0.6) is 0 Å². The van der Waals surface area contributed by atoms with E-state index >= 15 is 0 Å². The van der Waals surface area contributed by atoms with Gasteiger partial charge in [-0.05, 0) is 35.4 Å². The second-order valence-electron chi connectivity index (χ2n) is 3.56. The summed E-state index contributed by atoms with van der Waals surface area (Å²) in [6.45, 7) is 1.93. The fourth-order valence-corrected chi connectivity index (χ4v) is 2.23. The normalized spacial score (nSPS) is 11.9. The lowest BCUT2D eigenvalue weighted by atomic mass is 10.00. The summed E-state index contributed by atoms with van der Waals surface area (Å²) in [5.74, 6) is -0.237. The third-order valence-electron chi connectivity index (χ3n) is 2.39. The number of hydrogen-bond acceptors (Lipinski definition) is 2. The van der Waals surface area contributed by atoms with Gasteiger partial charge in [-0.2, -0.15) is 11.3 Å². The van der Waals surface area contributed by atoms with Crippen LogP contribution in [0.1, 0.15) is 22.7 Å². The molecule has 1 heterocycles. The Morgan fingerprint density at radius 1 is 1.31 bits per heavy atom. The van der Waals surface area contributed by atoms with Gasteiger partial charge in [-0.1, -0.05) is 17.7 Å². The highest BCUT2D eigenvalue weighted by molar-refractivity contribution is 7.08. The highest BCUT2D eigenvalue weighted by Crippen LogP contribution is 2.24. The van der Waals surface area contributed by atoms with E-state index in [4.69, 9.17) is 5.73 Å². The van der Waals surface area contributed by atoms with Crippen LogP contribution in [0.2, 0.25) is 0 Å². The largest absolute Gasteiger partial charge is 0.320 e. The van der Waals surface area contributed by atoms with Crippen molar-refractivity contribution in [3.8, 4) is 0 Å². The van der Waals surface area contributed by atoms with Crippen LogP contribution in [0.3, 0.4) is 0 Å². The molecule has 0 saturated carbocycles. The summed E-state index contributed by atoms with van der Waals surface area (Å²) in [6, 6.07) is 6.58. The lowest BCUT2D eigenvalue weighted by molar-refractivity contribution is 0.599. The Hall–Kier alpha value is -0.900. The number of rotatable bonds is 2. The van der Waals surface area contributed by atoms with Gasteiger partial charge < -0.3 is 5.73 Å². The van der Waals surface area contributed by atoms with Crippen LogP contribution >= 0.6 is 23.7 Å². The van der Waals surface area contributed by atoms with Gasteiger partial charge in [0.15, 0.2) is 0 Å². The van der Waals surface area contributed by atoms with Crippen LogP contribution in [0.15, 0.2) is 35.0 Å². The fraction of sp³-hybridized carbons (Fsp3) is 0.167. The van der Waals surface area contributed by atoms with E-state index in [1.165, 1.54) is 6.07 Å². The van der Waals surface area contributed by atoms with Crippen molar-refractivity contribution in [2.24, 2.45) is 5.73 Å². The maximum atomic E-state index is 13.5. The standard InChI is InChI=1S/C12H12FNS.ClH/c1-8-2-3-11(13)10(6-8)12(14)9-4-5-15-7-9;/h2-7,12H,14H2,1H3;1H/t12-;/m1./s1. The zero-order valence-corrected chi connectivity index (χ0v) is 10.4. The molecule has 0 aliphatic rings. The molecule has 0 bridgehead atoms. The Kier molecular flexibility index (Phi) is 4.47. The number of halogens is 2. The Labute approximate surface area is 105 Å². The summed E-state index contributed by atoms with van der Waals surface area (Å²) >= 11 is 1.57. The summed E-state index contributed by atoms with van der Waals surface area (Å²) < 4.78 is 13.5. The highest BCUT2D eigenvalue weighted by Gasteiger charge is 2.13. The minimum Gasteiger partial charge on any atom is -0.320 e. The van der Waals surface area contributed by atoms with E-state index in [0.717, 1.165) is 11.1 Å². The molecular formula is C12H13ClFNS. The van der Waals surface area contributed by atoms with E-state index in [2.05, 4.69) is 0 Å². The van der Waals surface area contributed by atoms with E-state index < -0.39 is 0 Å². The molecule has 0 aliphatic carbocycles. The molecule has 16 heavy (non-hydrogen) atoms. The molecule has 1 nitrogen and oxygen atoms in total. The van der Waals surface area contributed by atoms with E-state index in [1.54, 1.807) is 23.5 Å². The van der Waals surface area contributed by atoms with Crippen LogP contribution in [0.25, 0.3) is 0 Å². The second-order valence-corrected chi connectivity index (χ2v) is 4.34. The van der Waals surface area contributed by atoms with Crippen molar-refractivity contribution in [1.29, 1.82) is 0 Å². The lowest BCUT2D eigenvalue weighted by Crippen LogP contribution is -2.12. The Morgan fingerprint density at radius 2 is 2.06 bits per heavy atom. The predicted molar refractivity (Wildman–Crippen MR) is 68.7 cm³/mol. The smallest absolute Gasteiger partial charge is 0.128 e. The zero-order valence-electron chi connectivity index (χ0n) is 8.81. The lowest BCUT2D eigenvalue weighted by Gasteiger charge is -2.12. The quantitative estimate of drug-likeness (QED) is 0.873. The first-order chi connectivity index (χ1) is 7.18. The van der Waals surface area contributed by atoms with Gasteiger partial charge in [0.05, 0.1) is 6.04 Å². The van der Waals surface area contributed by atoms with Crippen molar-refractivity contribution in [2.75, 3.05) is 0 Å². The van der Waals surface area contributed by atoms with Crippen molar-refractivity contribution >= 4 is 23.7 Å². The molecule has 1 aromatic carbocycles. The summed E-state index contributed by atoms with van der Waals surface area (Å²) in [5.41, 5.74) is 8.55. The van der Waals surface area contributed by atoms with E-state index in [9.17, 15) is 4.39 Å². The molecule has 4 heteroatoms. The Bertz CT molecular complexity index is 456. The maximum Gasteiger partial charge on any atom is 0.128 e. The van der Waals surface area contributed by atoms with Crippen LogP contribution < -0.4 is 5.73 Å². The monoisotopic (exact) mass is 257 g/mol. The molecule has 2 rings (SSSR count). The SMILES string of the molecule is Cc1ccc(F)c([C@H](N)c2ccsc2)c1.Cl. The van der Waals surface area contributed by atoms with Crippen molar-refractivity contribution in [3.63, 3.8) is 0 Å². The first-order valence-electron chi connectivity index (χ1n) is 4.72. The van der Waals surface area contributed by atoms with Gasteiger partial charge in [0.2, 0.25) is 0 Å². The number of nitrogens with two attached hydrogens (primary N) is 1. The predicted octanol–water partition coefficient (Wildman–Crippen LogP) is 3.67. The fourth-order valence-electron chi connectivity index (χ4n) is 1.53. The minimum absolute atomic E-state index is 0. The first-order valence-corrected chi connectivity index (χ1v) is 5.66. The molecule has 1 atom stereocenters. The highest BCUT2D eigenvalue weighted by atomic mass is 35.5. The van der Waals surface area contributed by atoms with Crippen LogP contribution in [0, 0.1) is 12.7 Å². The topological polar surface area (TPSA) is 26.0 Å². The van der Waals surface area contributed by atoms with Gasteiger partial charge in [0.25, 0.3) is 0 Å². The summed E-state index contributed by atoms with van der Waals surface area (Å²) in [7, 11) is 0. The van der Waals surface area contributed by atoms with Gasteiger partial charge in [0.1, 0.15) is 5.82 Å². The van der Waals surface area contributed by atoms with Crippen molar-refractivity contribution in [3.05, 3.63) is 57.5 Å². The third kappa shape index (κ3) is 2.61. The molecule has 0 unspecified atom stereocenters. The number of hydrogen-bond donors (Lipinski definition) is 1. The van der Waals surface area contributed by atoms with Gasteiger partial charge in [0, 0.05) is 5.56 Å². The average Bonchev–Trinajstić information content (AvgIpc) is 2.74. The Balaban J connectivity index is 0.00000128. The Morgan fingerprint density at radius 3 is 2.69 bits per heavy atom. The van der Waals surface area contributed by atoms with Crippen molar-refractivity contribution in [1.82, 2.24) is 0 Å². The summed E-state index contributed by atoms with van der Waals surface area (Å²) in [4.78, 5) is 0. The van der Waals surface area contributed by atoms with Gasteiger partial charge >= 0.3 is 0 Å². The number of thiophene rings is 1. The van der Waals surface area contributed by atoms with E-state index in [1.807, 2.05) is 23.8 Å². The van der Waals surface area contributed by atoms with Gasteiger partial charge in [-0.15, -0.1) is 12.4 Å². The first kappa shape index (κ1) is 13.2. The van der Waals surface area contributed by atoms with E-state index in [0.29, 0.717) is 5.56 Å². The molecular weight excluding hydrogens is 245 g/mol. The molecule has 0 saturated heterocycles. The second kappa shape index (κ2) is 5.43.